The second kappa shape index (κ2) is 8.02. The van der Waals surface area contributed by atoms with E-state index in [1.807, 2.05) is 12.1 Å². The third-order valence-electron chi connectivity index (χ3n) is 6.44. The van der Waals surface area contributed by atoms with E-state index in [0.29, 0.717) is 12.0 Å². The van der Waals surface area contributed by atoms with Gasteiger partial charge in [-0.2, -0.15) is 5.10 Å². The summed E-state index contributed by atoms with van der Waals surface area (Å²) in [4.78, 5) is 12.2. The lowest BCUT2D eigenvalue weighted by molar-refractivity contribution is 0.143. The lowest BCUT2D eigenvalue weighted by atomic mass is 9.72. The van der Waals surface area contributed by atoms with Crippen LogP contribution in [0.15, 0.2) is 53.6 Å². The molecule has 0 atom stereocenters. The Balaban J connectivity index is 1.34. The molecule has 0 spiro atoms. The zero-order chi connectivity index (χ0) is 20.4. The summed E-state index contributed by atoms with van der Waals surface area (Å²) in [6.07, 6.45) is 3.69. The molecule has 152 valence electrons. The number of carbonyl (C=O) groups is 1. The molecule has 2 aromatic carbocycles. The summed E-state index contributed by atoms with van der Waals surface area (Å²) in [5, 5.41) is 4.33. The molecule has 0 aromatic heterocycles. The summed E-state index contributed by atoms with van der Waals surface area (Å²) in [6.45, 7) is 7.22. The van der Waals surface area contributed by atoms with Crippen LogP contribution in [-0.4, -0.2) is 18.4 Å². The van der Waals surface area contributed by atoms with E-state index in [4.69, 9.17) is 4.74 Å². The van der Waals surface area contributed by atoms with Crippen LogP contribution >= 0.6 is 0 Å². The van der Waals surface area contributed by atoms with Crippen LogP contribution in [0.1, 0.15) is 63.5 Å². The van der Waals surface area contributed by atoms with E-state index in [1.54, 1.807) is 0 Å². The van der Waals surface area contributed by atoms with E-state index in [-0.39, 0.29) is 5.92 Å². The van der Waals surface area contributed by atoms with E-state index in [1.165, 1.54) is 22.3 Å². The Morgan fingerprint density at radius 3 is 2.10 bits per heavy atom. The van der Waals surface area contributed by atoms with Crippen molar-refractivity contribution < 1.29 is 9.53 Å². The minimum absolute atomic E-state index is 0.0722. The molecule has 1 fully saturated rings. The van der Waals surface area contributed by atoms with Gasteiger partial charge in [0.25, 0.3) is 0 Å². The predicted molar refractivity (Wildman–Crippen MR) is 117 cm³/mol. The lowest BCUT2D eigenvalue weighted by Gasteiger charge is -2.34. The zero-order valence-electron chi connectivity index (χ0n) is 17.6. The van der Waals surface area contributed by atoms with Gasteiger partial charge in [-0.25, -0.2) is 10.2 Å². The first-order chi connectivity index (χ1) is 13.9. The van der Waals surface area contributed by atoms with Gasteiger partial charge >= 0.3 is 6.09 Å². The third-order valence-corrected chi connectivity index (χ3v) is 6.44. The average Bonchev–Trinajstić information content (AvgIpc) is 3.04. The monoisotopic (exact) mass is 390 g/mol. The van der Waals surface area contributed by atoms with Crippen LogP contribution in [0.4, 0.5) is 4.79 Å². The lowest BCUT2D eigenvalue weighted by Crippen LogP contribution is -2.28. The van der Waals surface area contributed by atoms with Gasteiger partial charge in [0, 0.05) is 11.6 Å². The number of hydrogen-bond acceptors (Lipinski definition) is 3. The van der Waals surface area contributed by atoms with Crippen LogP contribution in [0, 0.1) is 11.3 Å². The highest BCUT2D eigenvalue weighted by molar-refractivity contribution is 5.86. The van der Waals surface area contributed by atoms with Crippen molar-refractivity contribution in [1.29, 1.82) is 0 Å². The van der Waals surface area contributed by atoms with Gasteiger partial charge in [0.2, 0.25) is 0 Å². The number of ether oxygens (including phenoxy) is 1. The highest BCUT2D eigenvalue weighted by atomic mass is 16.6. The average molecular weight is 391 g/mol. The molecule has 1 N–H and O–H groups in total. The third kappa shape index (κ3) is 4.21. The molecule has 0 bridgehead atoms. The van der Waals surface area contributed by atoms with Crippen molar-refractivity contribution in [3.05, 3.63) is 59.7 Å². The smallest absolute Gasteiger partial charge is 0.427 e. The van der Waals surface area contributed by atoms with Crippen LogP contribution < -0.4 is 5.43 Å². The molecule has 2 aliphatic carbocycles. The largest absolute Gasteiger partial charge is 0.447 e. The SMILES string of the molecule is CC(C)(C)C1CCC(=NNC(=O)OCC2c3ccccc3-c3ccccc32)CC1. The number of hydrogen-bond donors (Lipinski definition) is 1. The molecular weight excluding hydrogens is 360 g/mol. The second-order valence-electron chi connectivity index (χ2n) is 9.26. The maximum Gasteiger partial charge on any atom is 0.427 e. The molecule has 4 nitrogen and oxygen atoms in total. The fourth-order valence-corrected chi connectivity index (χ4v) is 4.68. The molecule has 1 saturated carbocycles. The van der Waals surface area contributed by atoms with Crippen LogP contribution in [0.2, 0.25) is 0 Å². The maximum absolute atomic E-state index is 12.2. The fourth-order valence-electron chi connectivity index (χ4n) is 4.68. The molecule has 29 heavy (non-hydrogen) atoms. The Hall–Kier alpha value is -2.62. The van der Waals surface area contributed by atoms with Crippen molar-refractivity contribution in [2.24, 2.45) is 16.4 Å². The Morgan fingerprint density at radius 1 is 1.00 bits per heavy atom. The highest BCUT2D eigenvalue weighted by Crippen LogP contribution is 2.44. The number of hydrazone groups is 1. The Morgan fingerprint density at radius 2 is 1.55 bits per heavy atom. The summed E-state index contributed by atoms with van der Waals surface area (Å²) in [5.41, 5.74) is 8.90. The van der Waals surface area contributed by atoms with Crippen molar-refractivity contribution in [2.45, 2.75) is 52.4 Å². The summed E-state index contributed by atoms with van der Waals surface area (Å²) >= 11 is 0. The molecule has 2 aromatic rings. The number of fused-ring (bicyclic) bond motifs is 3. The van der Waals surface area contributed by atoms with E-state index in [9.17, 15) is 4.79 Å². The fraction of sp³-hybridized carbons (Fsp3) is 0.440. The molecule has 0 unspecified atom stereocenters. The zero-order valence-corrected chi connectivity index (χ0v) is 17.6. The van der Waals surface area contributed by atoms with Gasteiger partial charge in [0.15, 0.2) is 0 Å². The first kappa shape index (κ1) is 19.7. The number of nitrogens with one attached hydrogen (secondary N) is 1. The second-order valence-corrected chi connectivity index (χ2v) is 9.26. The van der Waals surface area contributed by atoms with Crippen LogP contribution in [0.5, 0.6) is 0 Å². The first-order valence-electron chi connectivity index (χ1n) is 10.6. The first-order valence-corrected chi connectivity index (χ1v) is 10.6. The van der Waals surface area contributed by atoms with Gasteiger partial charge in [-0.3, -0.25) is 0 Å². The summed E-state index contributed by atoms with van der Waals surface area (Å²) in [6, 6.07) is 16.7. The standard InChI is InChI=1S/C25H30N2O2/c1-25(2,3)17-12-14-18(15-13-17)26-27-24(28)29-16-23-21-10-6-4-8-19(21)20-9-5-7-11-22(20)23/h4-11,17,23H,12-16H2,1-3H3,(H,27,28). The number of rotatable bonds is 3. The molecule has 1 amide bonds. The van der Waals surface area contributed by atoms with Gasteiger partial charge in [0.1, 0.15) is 6.61 Å². The van der Waals surface area contributed by atoms with Crippen molar-refractivity contribution in [1.82, 2.24) is 5.43 Å². The van der Waals surface area contributed by atoms with Gasteiger partial charge in [-0.1, -0.05) is 69.3 Å². The van der Waals surface area contributed by atoms with Crippen molar-refractivity contribution in [3.8, 4) is 11.1 Å². The molecule has 0 saturated heterocycles. The van der Waals surface area contributed by atoms with E-state index >= 15 is 0 Å². The van der Waals surface area contributed by atoms with Crippen LogP contribution in [-0.2, 0) is 4.74 Å². The summed E-state index contributed by atoms with van der Waals surface area (Å²) in [7, 11) is 0. The van der Waals surface area contributed by atoms with Gasteiger partial charge in [0.05, 0.1) is 0 Å². The van der Waals surface area contributed by atoms with Crippen molar-refractivity contribution in [3.63, 3.8) is 0 Å². The Kier molecular flexibility index (Phi) is 5.44. The molecule has 2 aliphatic rings. The molecule has 0 radical (unpaired) electrons. The van der Waals surface area contributed by atoms with E-state index in [0.717, 1.165) is 37.3 Å². The molecular formula is C25H30N2O2. The molecule has 0 aliphatic heterocycles. The molecule has 4 heteroatoms. The van der Waals surface area contributed by atoms with E-state index < -0.39 is 6.09 Å². The molecule has 4 rings (SSSR count). The summed E-state index contributed by atoms with van der Waals surface area (Å²) in [5.74, 6) is 0.791. The van der Waals surface area contributed by atoms with Crippen LogP contribution in [0.25, 0.3) is 11.1 Å². The van der Waals surface area contributed by atoms with Gasteiger partial charge < -0.3 is 4.74 Å². The van der Waals surface area contributed by atoms with Gasteiger partial charge in [-0.15, -0.1) is 0 Å². The van der Waals surface area contributed by atoms with Crippen molar-refractivity contribution >= 4 is 11.8 Å². The number of amides is 1. The van der Waals surface area contributed by atoms with E-state index in [2.05, 4.69) is 67.7 Å². The van der Waals surface area contributed by atoms with Crippen molar-refractivity contribution in [2.75, 3.05) is 6.61 Å². The van der Waals surface area contributed by atoms with Gasteiger partial charge in [-0.05, 0) is 59.3 Å². The topological polar surface area (TPSA) is 50.7 Å². The Labute approximate surface area is 173 Å². The number of nitrogens with zero attached hydrogens (tertiary/aromatic N) is 1. The van der Waals surface area contributed by atoms with Crippen LogP contribution in [0.3, 0.4) is 0 Å². The number of carbonyl (C=O) groups excluding carboxylic acids is 1. The predicted octanol–water partition coefficient (Wildman–Crippen LogP) is 6.12. The number of benzene rings is 2. The molecule has 0 heterocycles. The minimum Gasteiger partial charge on any atom is -0.447 e. The minimum atomic E-state index is -0.475. The normalized spacial score (nSPS) is 18.7. The Bertz CT molecular complexity index is 871. The maximum atomic E-state index is 12.2. The summed E-state index contributed by atoms with van der Waals surface area (Å²) < 4.78 is 5.55. The quantitative estimate of drug-likeness (QED) is 0.642. The highest BCUT2D eigenvalue weighted by Gasteiger charge is 2.30.